The number of nitrogens with zero attached hydrogens (tertiary/aromatic N) is 6. The van der Waals surface area contributed by atoms with Crippen LogP contribution in [0.4, 0.5) is 0 Å². The Bertz CT molecular complexity index is 1340. The second-order valence-corrected chi connectivity index (χ2v) is 9.39. The molecule has 0 aliphatic carbocycles. The number of carbonyl (C=O) groups excluding carboxylic acids is 1. The van der Waals surface area contributed by atoms with Crippen LogP contribution in [-0.4, -0.2) is 60.7 Å². The molecule has 0 radical (unpaired) electrons. The number of aryl methyl sites for hydroxylation is 1. The molecule has 1 saturated heterocycles. The van der Waals surface area contributed by atoms with Crippen LogP contribution in [0, 0.1) is 0 Å². The third kappa shape index (κ3) is 5.38. The molecule has 3 aromatic heterocycles. The van der Waals surface area contributed by atoms with Crippen molar-refractivity contribution in [2.45, 2.75) is 45.3 Å². The van der Waals surface area contributed by atoms with Crippen LogP contribution in [0.15, 0.2) is 55.1 Å². The molecule has 1 fully saturated rings. The van der Waals surface area contributed by atoms with Gasteiger partial charge in [0.2, 0.25) is 5.88 Å². The van der Waals surface area contributed by atoms with Gasteiger partial charge in [0.25, 0.3) is 0 Å². The van der Waals surface area contributed by atoms with Crippen molar-refractivity contribution < 1.29 is 9.53 Å². The fourth-order valence-electron chi connectivity index (χ4n) is 4.47. The quantitative estimate of drug-likeness (QED) is 0.376. The van der Waals surface area contributed by atoms with Crippen LogP contribution in [-0.2, 0) is 13.5 Å². The van der Waals surface area contributed by atoms with E-state index >= 15 is 0 Å². The highest BCUT2D eigenvalue weighted by molar-refractivity contribution is 5.97. The van der Waals surface area contributed by atoms with Gasteiger partial charge in [0.05, 0.1) is 18.1 Å². The largest absolute Gasteiger partial charge is 0.474 e. The van der Waals surface area contributed by atoms with E-state index in [-0.39, 0.29) is 18.3 Å². The number of fused-ring (bicyclic) bond motifs is 1. The van der Waals surface area contributed by atoms with Gasteiger partial charge in [-0.05, 0) is 44.4 Å². The third-order valence-corrected chi connectivity index (χ3v) is 6.54. The second-order valence-electron chi connectivity index (χ2n) is 9.39. The summed E-state index contributed by atoms with van der Waals surface area (Å²) in [5.74, 6) is 0.931. The van der Waals surface area contributed by atoms with Gasteiger partial charge in [0, 0.05) is 67.3 Å². The smallest absolute Gasteiger partial charge is 0.214 e. The summed E-state index contributed by atoms with van der Waals surface area (Å²) >= 11 is 0. The van der Waals surface area contributed by atoms with Gasteiger partial charge < -0.3 is 9.64 Å². The van der Waals surface area contributed by atoms with Gasteiger partial charge in [-0.15, -0.1) is 0 Å². The molecule has 4 heterocycles. The molecule has 35 heavy (non-hydrogen) atoms. The predicted octanol–water partition coefficient (Wildman–Crippen LogP) is 4.10. The second kappa shape index (κ2) is 9.92. The van der Waals surface area contributed by atoms with E-state index in [2.05, 4.69) is 38.8 Å². The van der Waals surface area contributed by atoms with Gasteiger partial charge in [0.1, 0.15) is 11.9 Å². The lowest BCUT2D eigenvalue weighted by molar-refractivity contribution is 0.0809. The molecule has 1 aliphatic heterocycles. The lowest BCUT2D eigenvalue weighted by atomic mass is 10.1. The summed E-state index contributed by atoms with van der Waals surface area (Å²) in [5, 5.41) is 5.17. The summed E-state index contributed by atoms with van der Waals surface area (Å²) in [6.07, 6.45) is 9.35. The zero-order valence-electron chi connectivity index (χ0n) is 20.4. The maximum atomic E-state index is 13.0. The first-order chi connectivity index (χ1) is 16.9. The lowest BCUT2D eigenvalue weighted by Gasteiger charge is -2.34. The number of ketones is 1. The number of carbonyl (C=O) groups is 1. The predicted molar refractivity (Wildman–Crippen MR) is 134 cm³/mol. The van der Waals surface area contributed by atoms with Crippen molar-refractivity contribution >= 4 is 16.7 Å². The molecule has 5 rings (SSSR count). The highest BCUT2D eigenvalue weighted by Gasteiger charge is 2.22. The maximum Gasteiger partial charge on any atom is 0.214 e. The van der Waals surface area contributed by atoms with Crippen molar-refractivity contribution in [1.29, 1.82) is 0 Å². The van der Waals surface area contributed by atoms with E-state index in [1.54, 1.807) is 29.2 Å². The number of rotatable bonds is 7. The van der Waals surface area contributed by atoms with Crippen molar-refractivity contribution in [3.05, 3.63) is 66.5 Å². The number of hydrogen-bond acceptors (Lipinski definition) is 7. The average Bonchev–Trinajstić information content (AvgIpc) is 3.30. The molecule has 180 valence electrons. The standard InChI is InChI=1S/C27H30N6O2/c1-18(2)33-10-7-23(8-11-33)35-27-13-20(6-9-28-27)25(34)14-26-29-15-21-5-4-19(12-24(21)31-26)22-16-30-32(3)17-22/h4-6,9,12-13,15-18,23H,7-8,10-11,14H2,1-3H3. The van der Waals surface area contributed by atoms with Gasteiger partial charge in [0.15, 0.2) is 5.78 Å². The Morgan fingerprint density at radius 1 is 1.09 bits per heavy atom. The summed E-state index contributed by atoms with van der Waals surface area (Å²) in [6.45, 7) is 6.47. The number of aromatic nitrogens is 5. The van der Waals surface area contributed by atoms with Crippen molar-refractivity contribution in [1.82, 2.24) is 29.6 Å². The summed E-state index contributed by atoms with van der Waals surface area (Å²) in [6, 6.07) is 10.0. The molecule has 0 saturated carbocycles. The molecule has 0 unspecified atom stereocenters. The maximum absolute atomic E-state index is 13.0. The van der Waals surface area contributed by atoms with E-state index in [0.717, 1.165) is 48.0 Å². The molecule has 0 amide bonds. The van der Waals surface area contributed by atoms with Crippen LogP contribution in [0.2, 0.25) is 0 Å². The Labute approximate surface area is 205 Å². The summed E-state index contributed by atoms with van der Waals surface area (Å²) in [7, 11) is 1.89. The van der Waals surface area contributed by atoms with Gasteiger partial charge in [-0.2, -0.15) is 5.10 Å². The van der Waals surface area contributed by atoms with E-state index in [0.29, 0.717) is 23.3 Å². The SMILES string of the molecule is CC(C)N1CCC(Oc2cc(C(=O)Cc3ncc4ccc(-c5cnn(C)c5)cc4n3)ccn2)CC1. The zero-order valence-corrected chi connectivity index (χ0v) is 20.4. The summed E-state index contributed by atoms with van der Waals surface area (Å²) in [4.78, 5) is 28.9. The Hall–Kier alpha value is -3.65. The topological polar surface area (TPSA) is 86.0 Å². The van der Waals surface area contributed by atoms with Crippen LogP contribution in [0.1, 0.15) is 42.9 Å². The number of hydrogen-bond donors (Lipinski definition) is 0. The monoisotopic (exact) mass is 470 g/mol. The van der Waals surface area contributed by atoms with Gasteiger partial charge in [-0.25, -0.2) is 15.0 Å². The minimum atomic E-state index is -0.0605. The Kier molecular flexibility index (Phi) is 6.55. The van der Waals surface area contributed by atoms with Crippen molar-refractivity contribution in [3.63, 3.8) is 0 Å². The average molecular weight is 471 g/mol. The molecular formula is C27H30N6O2. The molecule has 1 aromatic carbocycles. The van der Waals surface area contributed by atoms with E-state index in [1.807, 2.05) is 37.6 Å². The van der Waals surface area contributed by atoms with E-state index in [4.69, 9.17) is 4.74 Å². The Morgan fingerprint density at radius 3 is 2.66 bits per heavy atom. The molecule has 8 heteroatoms. The fourth-order valence-corrected chi connectivity index (χ4v) is 4.47. The molecule has 0 spiro atoms. The number of ether oxygens (including phenoxy) is 1. The molecule has 0 atom stereocenters. The fraction of sp³-hybridized carbons (Fsp3) is 0.370. The summed E-state index contributed by atoms with van der Waals surface area (Å²) < 4.78 is 7.88. The zero-order chi connectivity index (χ0) is 24.4. The van der Waals surface area contributed by atoms with Gasteiger partial charge in [-0.1, -0.05) is 12.1 Å². The minimum Gasteiger partial charge on any atom is -0.474 e. The van der Waals surface area contributed by atoms with Crippen LogP contribution in [0.5, 0.6) is 5.88 Å². The minimum absolute atomic E-state index is 0.0605. The summed E-state index contributed by atoms with van der Waals surface area (Å²) in [5.41, 5.74) is 3.40. The number of piperidine rings is 1. The lowest BCUT2D eigenvalue weighted by Crippen LogP contribution is -2.41. The van der Waals surface area contributed by atoms with Crippen LogP contribution in [0.3, 0.4) is 0 Å². The molecule has 0 N–H and O–H groups in total. The van der Waals surface area contributed by atoms with Crippen molar-refractivity contribution in [3.8, 4) is 17.0 Å². The van der Waals surface area contributed by atoms with E-state index < -0.39 is 0 Å². The number of Topliss-reactive ketones (excluding diaryl/α,β-unsaturated/α-hetero) is 1. The van der Waals surface area contributed by atoms with Crippen molar-refractivity contribution in [2.24, 2.45) is 7.05 Å². The van der Waals surface area contributed by atoms with E-state index in [1.165, 1.54) is 0 Å². The number of likely N-dealkylation sites (tertiary alicyclic amines) is 1. The van der Waals surface area contributed by atoms with Crippen LogP contribution < -0.4 is 4.74 Å². The van der Waals surface area contributed by atoms with Gasteiger partial charge in [-0.3, -0.25) is 9.48 Å². The third-order valence-electron chi connectivity index (χ3n) is 6.54. The first-order valence-electron chi connectivity index (χ1n) is 12.1. The van der Waals surface area contributed by atoms with Crippen LogP contribution in [0.25, 0.3) is 22.0 Å². The first kappa shape index (κ1) is 23.1. The van der Waals surface area contributed by atoms with E-state index in [9.17, 15) is 4.79 Å². The first-order valence-corrected chi connectivity index (χ1v) is 12.1. The van der Waals surface area contributed by atoms with Crippen LogP contribution >= 0.6 is 0 Å². The highest BCUT2D eigenvalue weighted by atomic mass is 16.5. The van der Waals surface area contributed by atoms with Crippen molar-refractivity contribution in [2.75, 3.05) is 13.1 Å². The Morgan fingerprint density at radius 2 is 1.91 bits per heavy atom. The molecule has 8 nitrogen and oxygen atoms in total. The van der Waals surface area contributed by atoms with Gasteiger partial charge >= 0.3 is 0 Å². The number of benzene rings is 1. The molecule has 0 bridgehead atoms. The number of pyridine rings is 1. The molecule has 1 aliphatic rings. The molecular weight excluding hydrogens is 440 g/mol. The highest BCUT2D eigenvalue weighted by Crippen LogP contribution is 2.23. The Balaban J connectivity index is 1.27. The normalized spacial score (nSPS) is 15.1. The molecule has 4 aromatic rings.